The zero-order chi connectivity index (χ0) is 12.1. The second-order valence-corrected chi connectivity index (χ2v) is 3.32. The highest BCUT2D eigenvalue weighted by Gasteiger charge is 2.13. The van der Waals surface area contributed by atoms with Crippen LogP contribution in [0.3, 0.4) is 0 Å². The van der Waals surface area contributed by atoms with Crippen LogP contribution < -0.4 is 0 Å². The quantitative estimate of drug-likeness (QED) is 0.776. The summed E-state index contributed by atoms with van der Waals surface area (Å²) in [6.45, 7) is 1.83. The molecule has 0 atom stereocenters. The van der Waals surface area contributed by atoms with Gasteiger partial charge in [0, 0.05) is 5.56 Å². The first-order chi connectivity index (χ1) is 7.63. The van der Waals surface area contributed by atoms with E-state index in [4.69, 9.17) is 10.4 Å². The fraction of sp³-hybridized carbons (Fsp3) is 0.250. The van der Waals surface area contributed by atoms with Crippen LogP contribution in [0.25, 0.3) is 0 Å². The first-order valence-corrected chi connectivity index (χ1v) is 4.85. The summed E-state index contributed by atoms with van der Waals surface area (Å²) in [6.07, 6.45) is 1.02. The first kappa shape index (κ1) is 11.9. The average Bonchev–Trinajstić information content (AvgIpc) is 2.27. The van der Waals surface area contributed by atoms with Gasteiger partial charge < -0.3 is 5.11 Å². The summed E-state index contributed by atoms with van der Waals surface area (Å²) in [7, 11) is 0. The first-order valence-electron chi connectivity index (χ1n) is 4.85. The molecule has 0 aliphatic rings. The number of aliphatic carboxylic acids is 1. The van der Waals surface area contributed by atoms with E-state index in [-0.39, 0.29) is 6.42 Å². The van der Waals surface area contributed by atoms with Gasteiger partial charge in [-0.1, -0.05) is 13.0 Å². The van der Waals surface area contributed by atoms with Crippen molar-refractivity contribution in [1.82, 2.24) is 0 Å². The number of aldehydes is 1. The van der Waals surface area contributed by atoms with Gasteiger partial charge in [-0.05, 0) is 23.6 Å². The molecule has 0 saturated heterocycles. The summed E-state index contributed by atoms with van der Waals surface area (Å²) in [6, 6.07) is 5.01. The molecule has 0 fully saturated rings. The predicted molar refractivity (Wildman–Crippen MR) is 57.3 cm³/mol. The molecule has 0 radical (unpaired) electrons. The maximum absolute atomic E-state index is 10.9. The molecule has 0 amide bonds. The summed E-state index contributed by atoms with van der Waals surface area (Å²) in [5.74, 6) is -0.948. The number of benzene rings is 1. The van der Waals surface area contributed by atoms with E-state index in [1.807, 2.05) is 13.0 Å². The zero-order valence-corrected chi connectivity index (χ0v) is 8.86. The summed E-state index contributed by atoms with van der Waals surface area (Å²) in [5, 5.41) is 17.5. The Balaban J connectivity index is 3.38. The molecule has 1 aromatic carbocycles. The highest BCUT2D eigenvalue weighted by molar-refractivity contribution is 5.83. The van der Waals surface area contributed by atoms with Crippen molar-refractivity contribution in [3.05, 3.63) is 34.4 Å². The van der Waals surface area contributed by atoms with Crippen molar-refractivity contribution in [2.75, 3.05) is 0 Å². The number of nitrogens with zero attached hydrogens (tertiary/aromatic N) is 1. The Labute approximate surface area is 93.1 Å². The second kappa shape index (κ2) is 5.08. The van der Waals surface area contributed by atoms with Gasteiger partial charge in [0.05, 0.1) is 18.1 Å². The van der Waals surface area contributed by atoms with E-state index in [1.54, 1.807) is 6.07 Å². The molecule has 0 aliphatic heterocycles. The molecule has 0 aromatic heterocycles. The third-order valence-corrected chi connectivity index (χ3v) is 2.39. The van der Waals surface area contributed by atoms with Crippen molar-refractivity contribution in [2.24, 2.45) is 0 Å². The number of carboxylic acids is 1. The SMILES string of the molecule is CCc1c(CC(=O)O)ccc(C#N)c1C=O. The Kier molecular flexibility index (Phi) is 3.78. The van der Waals surface area contributed by atoms with Crippen LogP contribution in [0.15, 0.2) is 12.1 Å². The Morgan fingerprint density at radius 2 is 2.25 bits per heavy atom. The molecule has 1 rings (SSSR count). The van der Waals surface area contributed by atoms with Crippen LogP contribution in [0.1, 0.15) is 34.0 Å². The molecule has 1 aromatic rings. The molecule has 82 valence electrons. The molecule has 0 unspecified atom stereocenters. The Hall–Kier alpha value is -2.15. The zero-order valence-electron chi connectivity index (χ0n) is 8.86. The van der Waals surface area contributed by atoms with E-state index in [2.05, 4.69) is 0 Å². The molecule has 4 heteroatoms. The molecular formula is C12H11NO3. The van der Waals surface area contributed by atoms with Gasteiger partial charge in [0.15, 0.2) is 6.29 Å². The summed E-state index contributed by atoms with van der Waals surface area (Å²) < 4.78 is 0. The van der Waals surface area contributed by atoms with Crippen LogP contribution in [-0.4, -0.2) is 17.4 Å². The topological polar surface area (TPSA) is 78.2 Å². The Morgan fingerprint density at radius 3 is 2.69 bits per heavy atom. The summed E-state index contributed by atoms with van der Waals surface area (Å²) in [4.78, 5) is 21.5. The van der Waals surface area contributed by atoms with Crippen molar-refractivity contribution >= 4 is 12.3 Å². The normalized spacial score (nSPS) is 9.50. The van der Waals surface area contributed by atoms with Crippen LogP contribution >= 0.6 is 0 Å². The molecular weight excluding hydrogens is 206 g/mol. The second-order valence-electron chi connectivity index (χ2n) is 3.32. The van der Waals surface area contributed by atoms with Gasteiger partial charge in [-0.25, -0.2) is 0 Å². The van der Waals surface area contributed by atoms with E-state index in [1.165, 1.54) is 6.07 Å². The van der Waals surface area contributed by atoms with Gasteiger partial charge in [0.25, 0.3) is 0 Å². The van der Waals surface area contributed by atoms with E-state index in [0.29, 0.717) is 35.0 Å². The highest BCUT2D eigenvalue weighted by atomic mass is 16.4. The monoisotopic (exact) mass is 217 g/mol. The lowest BCUT2D eigenvalue weighted by atomic mass is 9.94. The van der Waals surface area contributed by atoms with Crippen LogP contribution in [0.5, 0.6) is 0 Å². The van der Waals surface area contributed by atoms with E-state index < -0.39 is 5.97 Å². The Morgan fingerprint density at radius 1 is 1.56 bits per heavy atom. The lowest BCUT2D eigenvalue weighted by Crippen LogP contribution is -2.07. The molecule has 0 bridgehead atoms. The minimum absolute atomic E-state index is 0.129. The fourth-order valence-electron chi connectivity index (χ4n) is 1.69. The maximum Gasteiger partial charge on any atom is 0.307 e. The summed E-state index contributed by atoms with van der Waals surface area (Å²) >= 11 is 0. The van der Waals surface area contributed by atoms with E-state index in [9.17, 15) is 9.59 Å². The highest BCUT2D eigenvalue weighted by Crippen LogP contribution is 2.19. The van der Waals surface area contributed by atoms with Gasteiger partial charge in [0.1, 0.15) is 0 Å². The van der Waals surface area contributed by atoms with Crippen molar-refractivity contribution < 1.29 is 14.7 Å². The molecule has 16 heavy (non-hydrogen) atoms. The van der Waals surface area contributed by atoms with Crippen molar-refractivity contribution in [2.45, 2.75) is 19.8 Å². The number of rotatable bonds is 4. The predicted octanol–water partition coefficient (Wildman–Crippen LogP) is 1.56. The molecule has 0 heterocycles. The van der Waals surface area contributed by atoms with Crippen molar-refractivity contribution in [3.63, 3.8) is 0 Å². The van der Waals surface area contributed by atoms with Crippen LogP contribution in [-0.2, 0) is 17.6 Å². The lowest BCUT2D eigenvalue weighted by Gasteiger charge is -2.09. The van der Waals surface area contributed by atoms with Crippen molar-refractivity contribution in [3.8, 4) is 6.07 Å². The lowest BCUT2D eigenvalue weighted by molar-refractivity contribution is -0.136. The van der Waals surface area contributed by atoms with E-state index in [0.717, 1.165) is 0 Å². The third-order valence-electron chi connectivity index (χ3n) is 2.39. The molecule has 0 saturated carbocycles. The smallest absolute Gasteiger partial charge is 0.307 e. The Bertz CT molecular complexity index is 472. The van der Waals surface area contributed by atoms with Crippen molar-refractivity contribution in [1.29, 1.82) is 5.26 Å². The molecule has 4 nitrogen and oxygen atoms in total. The van der Waals surface area contributed by atoms with Gasteiger partial charge in [-0.3, -0.25) is 9.59 Å². The van der Waals surface area contributed by atoms with Crippen LogP contribution in [0.2, 0.25) is 0 Å². The largest absolute Gasteiger partial charge is 0.481 e. The minimum atomic E-state index is -0.948. The average molecular weight is 217 g/mol. The number of hydrogen-bond donors (Lipinski definition) is 1. The van der Waals surface area contributed by atoms with Crippen LogP contribution in [0.4, 0.5) is 0 Å². The molecule has 1 N–H and O–H groups in total. The summed E-state index contributed by atoms with van der Waals surface area (Å²) in [5.41, 5.74) is 1.84. The molecule has 0 aliphatic carbocycles. The van der Waals surface area contributed by atoms with Crippen LogP contribution in [0, 0.1) is 11.3 Å². The number of hydrogen-bond acceptors (Lipinski definition) is 3. The minimum Gasteiger partial charge on any atom is -0.481 e. The van der Waals surface area contributed by atoms with Gasteiger partial charge in [-0.15, -0.1) is 0 Å². The van der Waals surface area contributed by atoms with Gasteiger partial charge in [-0.2, -0.15) is 5.26 Å². The third kappa shape index (κ3) is 2.26. The molecule has 0 spiro atoms. The number of carbonyl (C=O) groups is 2. The number of carbonyl (C=O) groups excluding carboxylic acids is 1. The standard InChI is InChI=1S/C12H11NO3/c1-2-10-8(5-12(15)16)3-4-9(6-13)11(10)7-14/h3-4,7H,2,5H2,1H3,(H,15,16). The fourth-order valence-corrected chi connectivity index (χ4v) is 1.69. The maximum atomic E-state index is 10.9. The van der Waals surface area contributed by atoms with E-state index >= 15 is 0 Å². The number of nitriles is 1. The van der Waals surface area contributed by atoms with Gasteiger partial charge in [0.2, 0.25) is 0 Å². The number of carboxylic acid groups (broad SMARTS) is 1. The van der Waals surface area contributed by atoms with Gasteiger partial charge >= 0.3 is 5.97 Å².